The van der Waals surface area contributed by atoms with E-state index < -0.39 is 17.5 Å². The lowest BCUT2D eigenvalue weighted by Gasteiger charge is -2.05. The third-order valence-electron chi connectivity index (χ3n) is 5.32. The van der Waals surface area contributed by atoms with Crippen molar-refractivity contribution in [2.45, 2.75) is 26.2 Å². The first-order valence-electron chi connectivity index (χ1n) is 10.3. The second kappa shape index (κ2) is 9.10. The van der Waals surface area contributed by atoms with Gasteiger partial charge in [-0.25, -0.2) is 13.2 Å². The zero-order chi connectivity index (χ0) is 21.8. The van der Waals surface area contributed by atoms with E-state index in [0.717, 1.165) is 36.5 Å². The van der Waals surface area contributed by atoms with Gasteiger partial charge in [-0.3, -0.25) is 0 Å². The van der Waals surface area contributed by atoms with Gasteiger partial charge >= 0.3 is 0 Å². The number of hydrogen-bond donors (Lipinski definition) is 0. The van der Waals surface area contributed by atoms with E-state index in [4.69, 9.17) is 0 Å². The van der Waals surface area contributed by atoms with Crippen LogP contribution in [0.2, 0.25) is 0 Å². The first-order valence-corrected chi connectivity index (χ1v) is 10.3. The van der Waals surface area contributed by atoms with E-state index in [1.807, 2.05) is 18.2 Å². The van der Waals surface area contributed by atoms with Crippen molar-refractivity contribution in [3.63, 3.8) is 0 Å². The molecule has 0 saturated carbocycles. The quantitative estimate of drug-likeness (QED) is 0.301. The molecule has 0 saturated heterocycles. The molecule has 0 aromatic heterocycles. The van der Waals surface area contributed by atoms with Crippen LogP contribution in [0.25, 0.3) is 21.9 Å². The molecule has 0 fully saturated rings. The van der Waals surface area contributed by atoms with Crippen molar-refractivity contribution in [2.75, 3.05) is 0 Å². The molecule has 0 radical (unpaired) electrons. The molecule has 3 heteroatoms. The van der Waals surface area contributed by atoms with Crippen LogP contribution in [0.1, 0.15) is 36.5 Å². The highest BCUT2D eigenvalue weighted by molar-refractivity contribution is 5.84. The zero-order valence-electron chi connectivity index (χ0n) is 17.2. The molecule has 0 aliphatic rings. The number of hydrogen-bond acceptors (Lipinski definition) is 0. The maximum atomic E-state index is 14.6. The van der Waals surface area contributed by atoms with Gasteiger partial charge in [0.05, 0.1) is 5.56 Å². The van der Waals surface area contributed by atoms with Crippen LogP contribution in [0.3, 0.4) is 0 Å². The molecule has 0 atom stereocenters. The normalized spacial score (nSPS) is 10.7. The van der Waals surface area contributed by atoms with E-state index in [9.17, 15) is 13.2 Å². The molecule has 0 aliphatic heterocycles. The summed E-state index contributed by atoms with van der Waals surface area (Å²) in [6, 6.07) is 20.6. The van der Waals surface area contributed by atoms with Gasteiger partial charge in [-0.1, -0.05) is 67.6 Å². The molecule has 0 unspecified atom stereocenters. The van der Waals surface area contributed by atoms with Gasteiger partial charge in [0.1, 0.15) is 5.82 Å². The summed E-state index contributed by atoms with van der Waals surface area (Å²) in [5.74, 6) is 3.59. The summed E-state index contributed by atoms with van der Waals surface area (Å²) in [4.78, 5) is 0. The highest BCUT2D eigenvalue weighted by Crippen LogP contribution is 2.24. The average Bonchev–Trinajstić information content (AvgIpc) is 2.79. The number of rotatable bonds is 4. The fraction of sp³-hybridized carbons (Fsp3) is 0.143. The molecule has 0 bridgehead atoms. The van der Waals surface area contributed by atoms with Crippen molar-refractivity contribution in [3.05, 3.63) is 107 Å². The first kappa shape index (κ1) is 20.8. The second-order valence-electron chi connectivity index (χ2n) is 7.54. The number of unbranched alkanes of at least 4 members (excludes halogenated alkanes) is 1. The number of fused-ring (bicyclic) bond motifs is 1. The van der Waals surface area contributed by atoms with E-state index in [0.29, 0.717) is 10.9 Å². The van der Waals surface area contributed by atoms with Crippen LogP contribution in [0.15, 0.2) is 72.8 Å². The van der Waals surface area contributed by atoms with Gasteiger partial charge in [-0.15, -0.1) is 0 Å². The summed E-state index contributed by atoms with van der Waals surface area (Å²) < 4.78 is 41.8. The van der Waals surface area contributed by atoms with Crippen molar-refractivity contribution in [2.24, 2.45) is 0 Å². The van der Waals surface area contributed by atoms with Gasteiger partial charge in [0.15, 0.2) is 11.6 Å². The van der Waals surface area contributed by atoms with E-state index in [-0.39, 0.29) is 10.9 Å². The van der Waals surface area contributed by atoms with Crippen LogP contribution in [-0.4, -0.2) is 0 Å². The largest absolute Gasteiger partial charge is 0.206 e. The third kappa shape index (κ3) is 4.64. The SMILES string of the molecule is CCCCc1ccc(-c2ccc(C#Cc3ccc4c(F)c(F)ccc4c3)c(F)c2)cc1. The van der Waals surface area contributed by atoms with Crippen LogP contribution < -0.4 is 0 Å². The predicted octanol–water partition coefficient (Wildman–Crippen LogP) is 7.67. The summed E-state index contributed by atoms with van der Waals surface area (Å²) in [6.45, 7) is 2.17. The molecule has 0 N–H and O–H groups in total. The molecule has 4 aromatic rings. The maximum absolute atomic E-state index is 14.6. The van der Waals surface area contributed by atoms with Crippen molar-refractivity contribution < 1.29 is 13.2 Å². The standard InChI is InChI=1S/C28H21F3/c1-2-3-4-19-5-9-21(10-6-19)23-13-12-22(27(30)18-23)11-7-20-8-15-25-24(17-20)14-16-26(29)28(25)31/h5-6,8-10,12-18H,2-4H2,1H3. The Balaban J connectivity index is 1.56. The first-order chi connectivity index (χ1) is 15.0. The Morgan fingerprint density at radius 1 is 0.710 bits per heavy atom. The Bertz CT molecular complexity index is 1290. The van der Waals surface area contributed by atoms with Crippen molar-refractivity contribution in [1.82, 2.24) is 0 Å². The minimum Gasteiger partial charge on any atom is -0.206 e. The van der Waals surface area contributed by atoms with E-state index >= 15 is 0 Å². The predicted molar refractivity (Wildman–Crippen MR) is 120 cm³/mol. The Morgan fingerprint density at radius 3 is 2.23 bits per heavy atom. The molecule has 4 aromatic carbocycles. The van der Waals surface area contributed by atoms with Crippen molar-refractivity contribution in [1.29, 1.82) is 0 Å². The molecule has 154 valence electrons. The van der Waals surface area contributed by atoms with Crippen molar-refractivity contribution in [3.8, 4) is 23.0 Å². The van der Waals surface area contributed by atoms with Gasteiger partial charge in [-0.05, 0) is 65.3 Å². The van der Waals surface area contributed by atoms with Gasteiger partial charge in [0.2, 0.25) is 0 Å². The van der Waals surface area contributed by atoms with Gasteiger partial charge in [-0.2, -0.15) is 0 Å². The van der Waals surface area contributed by atoms with E-state index in [1.54, 1.807) is 18.2 Å². The molecular weight excluding hydrogens is 393 g/mol. The highest BCUT2D eigenvalue weighted by atomic mass is 19.2. The highest BCUT2D eigenvalue weighted by Gasteiger charge is 2.07. The third-order valence-corrected chi connectivity index (χ3v) is 5.32. The molecule has 0 spiro atoms. The summed E-state index contributed by atoms with van der Waals surface area (Å²) in [5.41, 5.74) is 3.93. The summed E-state index contributed by atoms with van der Waals surface area (Å²) in [6.07, 6.45) is 3.37. The van der Waals surface area contributed by atoms with Crippen LogP contribution in [0, 0.1) is 29.3 Å². The fourth-order valence-corrected chi connectivity index (χ4v) is 3.52. The maximum Gasteiger partial charge on any atom is 0.166 e. The summed E-state index contributed by atoms with van der Waals surface area (Å²) in [7, 11) is 0. The number of halogens is 3. The van der Waals surface area contributed by atoms with E-state index in [2.05, 4.69) is 30.9 Å². The number of benzene rings is 4. The second-order valence-corrected chi connectivity index (χ2v) is 7.54. The van der Waals surface area contributed by atoms with Crippen molar-refractivity contribution >= 4 is 10.8 Å². The van der Waals surface area contributed by atoms with Crippen LogP contribution >= 0.6 is 0 Å². The Kier molecular flexibility index (Phi) is 6.09. The molecule has 0 amide bonds. The summed E-state index contributed by atoms with van der Waals surface area (Å²) >= 11 is 0. The Hall–Kier alpha value is -3.51. The summed E-state index contributed by atoms with van der Waals surface area (Å²) in [5, 5.41) is 0.741. The minimum atomic E-state index is -0.885. The van der Waals surface area contributed by atoms with Gasteiger partial charge in [0, 0.05) is 10.9 Å². The molecule has 31 heavy (non-hydrogen) atoms. The molecule has 0 aliphatic carbocycles. The average molecular weight is 414 g/mol. The smallest absolute Gasteiger partial charge is 0.166 e. The molecule has 0 heterocycles. The van der Waals surface area contributed by atoms with Crippen LogP contribution in [0.4, 0.5) is 13.2 Å². The minimum absolute atomic E-state index is 0.196. The topological polar surface area (TPSA) is 0 Å². The molecular formula is C28H21F3. The zero-order valence-corrected chi connectivity index (χ0v) is 17.2. The lowest BCUT2D eigenvalue weighted by Crippen LogP contribution is -1.88. The lowest BCUT2D eigenvalue weighted by molar-refractivity contribution is 0.517. The van der Waals surface area contributed by atoms with E-state index in [1.165, 1.54) is 23.8 Å². The Labute approximate surface area is 180 Å². The monoisotopic (exact) mass is 414 g/mol. The van der Waals surface area contributed by atoms with Gasteiger partial charge in [0.25, 0.3) is 0 Å². The lowest BCUT2D eigenvalue weighted by atomic mass is 10.0. The van der Waals surface area contributed by atoms with Crippen LogP contribution in [0.5, 0.6) is 0 Å². The molecule has 0 nitrogen and oxygen atoms in total. The molecule has 4 rings (SSSR count). The van der Waals surface area contributed by atoms with Crippen LogP contribution in [-0.2, 0) is 6.42 Å². The fourth-order valence-electron chi connectivity index (χ4n) is 3.52. The Morgan fingerprint density at radius 2 is 1.48 bits per heavy atom. The number of aryl methyl sites for hydroxylation is 1. The van der Waals surface area contributed by atoms with Gasteiger partial charge < -0.3 is 0 Å².